The zero-order chi connectivity index (χ0) is 10.9. The summed E-state index contributed by atoms with van der Waals surface area (Å²) >= 11 is 0. The molecule has 0 saturated heterocycles. The van der Waals surface area contributed by atoms with Gasteiger partial charge in [0.2, 0.25) is 0 Å². The average molecular weight is 200 g/mol. The second-order valence-electron chi connectivity index (χ2n) is 3.20. The summed E-state index contributed by atoms with van der Waals surface area (Å²) in [5, 5.41) is 18.6. The molecular formula is C9H13FN2O2. The Balaban J connectivity index is 3.20. The van der Waals surface area contributed by atoms with E-state index >= 15 is 0 Å². The Kier molecular flexibility index (Phi) is 2.93. The first-order valence-corrected chi connectivity index (χ1v) is 4.15. The van der Waals surface area contributed by atoms with Gasteiger partial charge in [0.1, 0.15) is 11.6 Å². The number of aliphatic hydroxyl groups is 1. The largest absolute Gasteiger partial charge is 0.505 e. The lowest BCUT2D eigenvalue weighted by Crippen LogP contribution is -2.23. The van der Waals surface area contributed by atoms with Gasteiger partial charge in [-0.25, -0.2) is 4.39 Å². The van der Waals surface area contributed by atoms with Crippen LogP contribution in [0, 0.1) is 5.82 Å². The highest BCUT2D eigenvalue weighted by atomic mass is 19.1. The number of nitrogen functional groups attached to an aromatic ring is 1. The van der Waals surface area contributed by atoms with Gasteiger partial charge in [0.05, 0.1) is 17.8 Å². The average Bonchev–Trinajstić information content (AvgIpc) is 2.09. The molecule has 0 aliphatic heterocycles. The third-order valence-corrected chi connectivity index (χ3v) is 2.01. The summed E-state index contributed by atoms with van der Waals surface area (Å²) in [5.41, 5.74) is 10.9. The number of hydrogen-bond acceptors (Lipinski definition) is 4. The molecule has 0 aliphatic carbocycles. The van der Waals surface area contributed by atoms with E-state index in [0.717, 1.165) is 12.1 Å². The lowest BCUT2D eigenvalue weighted by molar-refractivity contribution is 0.162. The molecule has 0 spiro atoms. The van der Waals surface area contributed by atoms with Crippen LogP contribution in [0.1, 0.15) is 18.5 Å². The van der Waals surface area contributed by atoms with Crippen LogP contribution in [0.15, 0.2) is 12.1 Å². The third kappa shape index (κ3) is 1.94. The number of hydrogen-bond donors (Lipinski definition) is 4. The lowest BCUT2D eigenvalue weighted by Gasteiger charge is -2.17. The Bertz CT molecular complexity index is 342. The van der Waals surface area contributed by atoms with Crippen molar-refractivity contribution in [2.24, 2.45) is 5.73 Å². The van der Waals surface area contributed by atoms with Crippen LogP contribution in [0.25, 0.3) is 0 Å². The molecule has 1 aromatic carbocycles. The Labute approximate surface area is 81.0 Å². The molecule has 2 atom stereocenters. The number of phenolic OH excluding ortho intramolecular Hbond substituents is 1. The van der Waals surface area contributed by atoms with E-state index in [0.29, 0.717) is 0 Å². The SMILES string of the molecule is C[C@H](O)[C@H](N)c1cc(F)cc(N)c1O. The van der Waals surface area contributed by atoms with Crippen LogP contribution < -0.4 is 11.5 Å². The van der Waals surface area contributed by atoms with Gasteiger partial charge < -0.3 is 21.7 Å². The van der Waals surface area contributed by atoms with Gasteiger partial charge in [-0.15, -0.1) is 0 Å². The molecule has 0 aromatic heterocycles. The second-order valence-corrected chi connectivity index (χ2v) is 3.20. The Morgan fingerprint density at radius 1 is 1.43 bits per heavy atom. The van der Waals surface area contributed by atoms with Crippen LogP contribution in [0.3, 0.4) is 0 Å². The molecule has 1 aromatic rings. The smallest absolute Gasteiger partial charge is 0.143 e. The van der Waals surface area contributed by atoms with Gasteiger partial charge in [0.15, 0.2) is 0 Å². The van der Waals surface area contributed by atoms with E-state index in [-0.39, 0.29) is 17.0 Å². The molecule has 0 aliphatic rings. The number of nitrogens with two attached hydrogens (primary N) is 2. The molecular weight excluding hydrogens is 187 g/mol. The number of aromatic hydroxyl groups is 1. The second kappa shape index (κ2) is 3.81. The van der Waals surface area contributed by atoms with E-state index in [2.05, 4.69) is 0 Å². The Hall–Kier alpha value is -1.33. The molecule has 5 heteroatoms. The highest BCUT2D eigenvalue weighted by Gasteiger charge is 2.18. The van der Waals surface area contributed by atoms with Crippen LogP contribution in [0.5, 0.6) is 5.75 Å². The van der Waals surface area contributed by atoms with Crippen molar-refractivity contribution in [2.75, 3.05) is 5.73 Å². The van der Waals surface area contributed by atoms with Crippen molar-refractivity contribution in [3.05, 3.63) is 23.5 Å². The lowest BCUT2D eigenvalue weighted by atomic mass is 10.0. The van der Waals surface area contributed by atoms with Crippen LogP contribution in [-0.4, -0.2) is 16.3 Å². The fourth-order valence-electron chi connectivity index (χ4n) is 1.16. The fraction of sp³-hybridized carbons (Fsp3) is 0.333. The van der Waals surface area contributed by atoms with Gasteiger partial charge >= 0.3 is 0 Å². The topological polar surface area (TPSA) is 92.5 Å². The van der Waals surface area contributed by atoms with Gasteiger partial charge in [-0.05, 0) is 13.0 Å². The quantitative estimate of drug-likeness (QED) is 0.413. The van der Waals surface area contributed by atoms with Crippen LogP contribution in [0.2, 0.25) is 0 Å². The molecule has 0 heterocycles. The van der Waals surface area contributed by atoms with Crippen LogP contribution in [-0.2, 0) is 0 Å². The summed E-state index contributed by atoms with van der Waals surface area (Å²) in [6.07, 6.45) is -0.887. The van der Waals surface area contributed by atoms with E-state index in [4.69, 9.17) is 11.5 Å². The van der Waals surface area contributed by atoms with Crippen molar-refractivity contribution in [3.63, 3.8) is 0 Å². The number of halogens is 1. The summed E-state index contributed by atoms with van der Waals surface area (Å²) in [7, 11) is 0. The highest BCUT2D eigenvalue weighted by Crippen LogP contribution is 2.31. The van der Waals surface area contributed by atoms with E-state index in [1.807, 2.05) is 0 Å². The molecule has 0 fully saturated rings. The summed E-state index contributed by atoms with van der Waals surface area (Å²) in [6.45, 7) is 1.45. The van der Waals surface area contributed by atoms with Crippen molar-refractivity contribution >= 4 is 5.69 Å². The van der Waals surface area contributed by atoms with E-state index in [1.54, 1.807) is 0 Å². The highest BCUT2D eigenvalue weighted by molar-refractivity contribution is 5.57. The van der Waals surface area contributed by atoms with Gasteiger partial charge in [-0.3, -0.25) is 0 Å². The minimum atomic E-state index is -0.887. The predicted molar refractivity (Wildman–Crippen MR) is 51.1 cm³/mol. The number of anilines is 1. The zero-order valence-corrected chi connectivity index (χ0v) is 7.74. The first-order chi connectivity index (χ1) is 6.43. The van der Waals surface area contributed by atoms with Crippen molar-refractivity contribution in [2.45, 2.75) is 19.1 Å². The number of aliphatic hydroxyl groups excluding tert-OH is 1. The van der Waals surface area contributed by atoms with Crippen LogP contribution in [0.4, 0.5) is 10.1 Å². The van der Waals surface area contributed by atoms with Crippen molar-refractivity contribution < 1.29 is 14.6 Å². The molecule has 1 rings (SSSR count). The Morgan fingerprint density at radius 3 is 2.50 bits per heavy atom. The summed E-state index contributed by atoms with van der Waals surface area (Å²) in [5.74, 6) is -0.869. The first-order valence-electron chi connectivity index (χ1n) is 4.15. The van der Waals surface area contributed by atoms with Crippen molar-refractivity contribution in [1.29, 1.82) is 0 Å². The van der Waals surface area contributed by atoms with E-state index in [1.165, 1.54) is 6.92 Å². The minimum Gasteiger partial charge on any atom is -0.505 e. The minimum absolute atomic E-state index is 0.0869. The maximum absolute atomic E-state index is 12.9. The van der Waals surface area contributed by atoms with E-state index < -0.39 is 18.0 Å². The third-order valence-electron chi connectivity index (χ3n) is 2.01. The predicted octanol–water partition coefficient (Wildman–Crippen LogP) is 0.494. The number of benzene rings is 1. The van der Waals surface area contributed by atoms with Gasteiger partial charge in [-0.1, -0.05) is 0 Å². The standard InChI is InChI=1S/C9H13FN2O2/c1-4(13)8(12)6-2-5(10)3-7(11)9(6)14/h2-4,8,13-14H,11-12H2,1H3/t4-,8-/m0/s1. The summed E-state index contributed by atoms with van der Waals surface area (Å²) < 4.78 is 12.9. The molecule has 0 saturated carbocycles. The molecule has 78 valence electrons. The van der Waals surface area contributed by atoms with Crippen molar-refractivity contribution in [1.82, 2.24) is 0 Å². The van der Waals surface area contributed by atoms with Gasteiger partial charge in [0, 0.05) is 11.6 Å². The molecule has 0 amide bonds. The Morgan fingerprint density at radius 2 is 2.00 bits per heavy atom. The van der Waals surface area contributed by atoms with Gasteiger partial charge in [0.25, 0.3) is 0 Å². The number of rotatable bonds is 2. The number of phenols is 1. The molecule has 0 unspecified atom stereocenters. The van der Waals surface area contributed by atoms with Crippen LogP contribution >= 0.6 is 0 Å². The zero-order valence-electron chi connectivity index (χ0n) is 7.74. The van der Waals surface area contributed by atoms with Gasteiger partial charge in [-0.2, -0.15) is 0 Å². The molecule has 6 N–H and O–H groups in total. The fourth-order valence-corrected chi connectivity index (χ4v) is 1.16. The molecule has 4 nitrogen and oxygen atoms in total. The molecule has 0 radical (unpaired) electrons. The monoisotopic (exact) mass is 200 g/mol. The normalized spacial score (nSPS) is 15.1. The van der Waals surface area contributed by atoms with E-state index in [9.17, 15) is 14.6 Å². The maximum atomic E-state index is 12.9. The molecule has 0 bridgehead atoms. The maximum Gasteiger partial charge on any atom is 0.143 e. The molecule has 14 heavy (non-hydrogen) atoms. The van der Waals surface area contributed by atoms with Crippen molar-refractivity contribution in [3.8, 4) is 5.75 Å². The summed E-state index contributed by atoms with van der Waals surface area (Å²) in [4.78, 5) is 0. The summed E-state index contributed by atoms with van der Waals surface area (Å²) in [6, 6.07) is 1.20. The first kappa shape index (κ1) is 10.7.